The van der Waals surface area contributed by atoms with E-state index in [9.17, 15) is 4.39 Å². The Kier molecular flexibility index (Phi) is 4.39. The Hall–Kier alpha value is -2.06. The van der Waals surface area contributed by atoms with Crippen molar-refractivity contribution in [3.63, 3.8) is 0 Å². The molecule has 0 bridgehead atoms. The van der Waals surface area contributed by atoms with Crippen molar-refractivity contribution >= 4 is 27.5 Å². The molecule has 25 heavy (non-hydrogen) atoms. The molecular formula is C17H18BrFN6. The summed E-state index contributed by atoms with van der Waals surface area (Å²) in [4.78, 5) is 13.1. The van der Waals surface area contributed by atoms with E-state index in [1.807, 2.05) is 25.1 Å². The average Bonchev–Trinajstić information content (AvgIpc) is 3.07. The van der Waals surface area contributed by atoms with Crippen molar-refractivity contribution in [2.75, 3.05) is 31.1 Å². The number of hydrogen-bond acceptors (Lipinski definition) is 5. The van der Waals surface area contributed by atoms with E-state index in [2.05, 4.69) is 40.8 Å². The van der Waals surface area contributed by atoms with Crippen LogP contribution in [0, 0.1) is 12.7 Å². The zero-order chi connectivity index (χ0) is 17.4. The number of benzene rings is 1. The van der Waals surface area contributed by atoms with Crippen LogP contribution in [0.15, 0.2) is 35.1 Å². The molecule has 6 nitrogen and oxygen atoms in total. The first kappa shape index (κ1) is 16.4. The largest absolute Gasteiger partial charge is 0.354 e. The van der Waals surface area contributed by atoms with Gasteiger partial charge in [0.2, 0.25) is 0 Å². The molecule has 2 aromatic heterocycles. The second-order valence-corrected chi connectivity index (χ2v) is 7.06. The van der Waals surface area contributed by atoms with Gasteiger partial charge in [-0.15, -0.1) is 0 Å². The summed E-state index contributed by atoms with van der Waals surface area (Å²) in [7, 11) is 0. The Morgan fingerprint density at radius 3 is 2.80 bits per heavy atom. The molecule has 0 saturated carbocycles. The molecule has 0 amide bonds. The second-order valence-electron chi connectivity index (χ2n) is 6.20. The van der Waals surface area contributed by atoms with Crippen LogP contribution in [0.25, 0.3) is 5.78 Å². The molecule has 1 fully saturated rings. The van der Waals surface area contributed by atoms with Gasteiger partial charge in [-0.1, -0.05) is 12.1 Å². The van der Waals surface area contributed by atoms with Crippen molar-refractivity contribution < 1.29 is 4.39 Å². The lowest BCUT2D eigenvalue weighted by atomic mass is 10.2. The minimum absolute atomic E-state index is 0.168. The zero-order valence-corrected chi connectivity index (χ0v) is 15.4. The van der Waals surface area contributed by atoms with Crippen molar-refractivity contribution in [1.82, 2.24) is 24.5 Å². The minimum Gasteiger partial charge on any atom is -0.354 e. The zero-order valence-electron chi connectivity index (χ0n) is 13.9. The lowest BCUT2D eigenvalue weighted by Crippen LogP contribution is -2.46. The fourth-order valence-corrected chi connectivity index (χ4v) is 3.59. The number of aromatic nitrogens is 4. The summed E-state index contributed by atoms with van der Waals surface area (Å²) in [5.74, 6) is 1.46. The molecule has 0 unspecified atom stereocenters. The maximum Gasteiger partial charge on any atom is 0.254 e. The standard InChI is InChI=1S/C17H18BrFN6/c1-12-9-15(25-17(22-12)20-11-21-25)24-7-5-23(6-8-24)10-13-3-2-4-14(18)16(13)19/h2-4,9,11H,5-8,10H2,1H3. The molecule has 0 aliphatic carbocycles. The fraction of sp³-hybridized carbons (Fsp3) is 0.353. The van der Waals surface area contributed by atoms with Gasteiger partial charge in [0.05, 0.1) is 4.47 Å². The van der Waals surface area contributed by atoms with E-state index in [0.29, 0.717) is 16.8 Å². The van der Waals surface area contributed by atoms with Crippen LogP contribution in [0.2, 0.25) is 0 Å². The number of anilines is 1. The Labute approximate surface area is 153 Å². The van der Waals surface area contributed by atoms with Crippen molar-refractivity contribution in [1.29, 1.82) is 0 Å². The number of hydrogen-bond donors (Lipinski definition) is 0. The number of rotatable bonds is 3. The number of aryl methyl sites for hydroxylation is 1. The molecule has 1 saturated heterocycles. The summed E-state index contributed by atoms with van der Waals surface area (Å²) in [5.41, 5.74) is 1.65. The smallest absolute Gasteiger partial charge is 0.254 e. The summed E-state index contributed by atoms with van der Waals surface area (Å²) in [5, 5.41) is 4.28. The van der Waals surface area contributed by atoms with Crippen LogP contribution >= 0.6 is 15.9 Å². The van der Waals surface area contributed by atoms with Gasteiger partial charge in [0.15, 0.2) is 0 Å². The normalized spacial score (nSPS) is 15.9. The van der Waals surface area contributed by atoms with Gasteiger partial charge in [-0.05, 0) is 28.9 Å². The third-order valence-electron chi connectivity index (χ3n) is 4.48. The van der Waals surface area contributed by atoms with E-state index in [0.717, 1.165) is 43.3 Å². The summed E-state index contributed by atoms with van der Waals surface area (Å²) in [6.07, 6.45) is 1.53. The third kappa shape index (κ3) is 3.23. The van der Waals surface area contributed by atoms with E-state index >= 15 is 0 Å². The number of nitrogens with zero attached hydrogens (tertiary/aromatic N) is 6. The molecule has 0 spiro atoms. The van der Waals surface area contributed by atoms with Gasteiger partial charge >= 0.3 is 0 Å². The first-order valence-electron chi connectivity index (χ1n) is 8.19. The maximum atomic E-state index is 14.2. The van der Waals surface area contributed by atoms with Crippen LogP contribution in [0.3, 0.4) is 0 Å². The van der Waals surface area contributed by atoms with Crippen molar-refractivity contribution in [3.05, 3.63) is 52.1 Å². The fourth-order valence-electron chi connectivity index (χ4n) is 3.18. The summed E-state index contributed by atoms with van der Waals surface area (Å²) >= 11 is 3.25. The third-order valence-corrected chi connectivity index (χ3v) is 5.10. The maximum absolute atomic E-state index is 14.2. The topological polar surface area (TPSA) is 49.6 Å². The van der Waals surface area contributed by atoms with E-state index in [-0.39, 0.29) is 5.82 Å². The Bertz CT molecular complexity index is 903. The van der Waals surface area contributed by atoms with Gasteiger partial charge in [-0.25, -0.2) is 9.37 Å². The average molecular weight is 405 g/mol. The number of fused-ring (bicyclic) bond motifs is 1. The lowest BCUT2D eigenvalue weighted by molar-refractivity contribution is 0.245. The molecular weight excluding hydrogens is 387 g/mol. The summed E-state index contributed by atoms with van der Waals surface area (Å²) in [6.45, 7) is 6.02. The van der Waals surface area contributed by atoms with Crippen molar-refractivity contribution in [2.24, 2.45) is 0 Å². The molecule has 130 valence electrons. The van der Waals surface area contributed by atoms with E-state index in [1.165, 1.54) is 6.33 Å². The van der Waals surface area contributed by atoms with Crippen LogP contribution in [0.4, 0.5) is 10.2 Å². The van der Waals surface area contributed by atoms with Gasteiger partial charge in [0.1, 0.15) is 18.0 Å². The molecule has 0 radical (unpaired) electrons. The number of piperazine rings is 1. The van der Waals surface area contributed by atoms with Crippen molar-refractivity contribution in [2.45, 2.75) is 13.5 Å². The Morgan fingerprint density at radius 1 is 1.20 bits per heavy atom. The van der Waals surface area contributed by atoms with Crippen molar-refractivity contribution in [3.8, 4) is 0 Å². The summed E-state index contributed by atoms with van der Waals surface area (Å²) < 4.78 is 16.5. The lowest BCUT2D eigenvalue weighted by Gasteiger charge is -2.36. The predicted octanol–water partition coefficient (Wildman–Crippen LogP) is 2.66. The molecule has 3 aromatic rings. The molecule has 1 aromatic carbocycles. The highest BCUT2D eigenvalue weighted by Gasteiger charge is 2.21. The van der Waals surface area contributed by atoms with Crippen LogP contribution in [-0.2, 0) is 6.54 Å². The van der Waals surface area contributed by atoms with E-state index in [1.54, 1.807) is 10.6 Å². The molecule has 0 atom stereocenters. The molecule has 1 aliphatic rings. The molecule has 0 N–H and O–H groups in total. The van der Waals surface area contributed by atoms with E-state index < -0.39 is 0 Å². The van der Waals surface area contributed by atoms with Gasteiger partial charge in [0, 0.05) is 50.0 Å². The van der Waals surface area contributed by atoms with Gasteiger partial charge < -0.3 is 4.90 Å². The van der Waals surface area contributed by atoms with Crippen LogP contribution in [-0.4, -0.2) is 50.7 Å². The Balaban J connectivity index is 1.48. The minimum atomic E-state index is -0.168. The number of halogens is 2. The first-order valence-corrected chi connectivity index (χ1v) is 8.99. The monoisotopic (exact) mass is 404 g/mol. The van der Waals surface area contributed by atoms with Gasteiger partial charge in [-0.2, -0.15) is 14.6 Å². The molecule has 1 aliphatic heterocycles. The highest BCUT2D eigenvalue weighted by molar-refractivity contribution is 9.10. The van der Waals surface area contributed by atoms with Crippen LogP contribution in [0.5, 0.6) is 0 Å². The Morgan fingerprint density at radius 2 is 2.00 bits per heavy atom. The van der Waals surface area contributed by atoms with Crippen LogP contribution in [0.1, 0.15) is 11.3 Å². The highest BCUT2D eigenvalue weighted by atomic mass is 79.9. The van der Waals surface area contributed by atoms with E-state index in [4.69, 9.17) is 0 Å². The molecule has 8 heteroatoms. The second kappa shape index (κ2) is 6.68. The van der Waals surface area contributed by atoms with Gasteiger partial charge in [0.25, 0.3) is 5.78 Å². The summed E-state index contributed by atoms with van der Waals surface area (Å²) in [6, 6.07) is 7.48. The molecule has 4 rings (SSSR count). The van der Waals surface area contributed by atoms with Gasteiger partial charge in [-0.3, -0.25) is 4.90 Å². The SMILES string of the molecule is Cc1cc(N2CCN(Cc3cccc(Br)c3F)CC2)n2ncnc2n1. The first-order chi connectivity index (χ1) is 12.1. The molecule has 3 heterocycles. The predicted molar refractivity (Wildman–Crippen MR) is 97.1 cm³/mol. The van der Waals surface area contributed by atoms with Crippen LogP contribution < -0.4 is 4.90 Å². The highest BCUT2D eigenvalue weighted by Crippen LogP contribution is 2.22. The quantitative estimate of drug-likeness (QED) is 0.671.